The summed E-state index contributed by atoms with van der Waals surface area (Å²) in [5.74, 6) is 0. The van der Waals surface area contributed by atoms with E-state index in [9.17, 15) is 0 Å². The third-order valence-electron chi connectivity index (χ3n) is 2.40. The number of hydrogen-bond donors (Lipinski definition) is 0. The van der Waals surface area contributed by atoms with Gasteiger partial charge in [0.2, 0.25) is 0 Å². The molecule has 0 aromatic rings. The molecule has 0 amide bonds. The molecule has 0 saturated heterocycles. The quantitative estimate of drug-likeness (QED) is 0.453. The van der Waals surface area contributed by atoms with Crippen molar-refractivity contribution in [2.45, 2.75) is 56.9 Å². The van der Waals surface area contributed by atoms with Crippen LogP contribution in [0.1, 0.15) is 13.8 Å². The van der Waals surface area contributed by atoms with Crippen molar-refractivity contribution < 1.29 is 0 Å². The highest BCUT2D eigenvalue weighted by Gasteiger charge is 2.39. The van der Waals surface area contributed by atoms with Gasteiger partial charge in [0.25, 0.3) is 0 Å². The summed E-state index contributed by atoms with van der Waals surface area (Å²) < 4.78 is 0. The number of hydrogen-bond acceptors (Lipinski definition) is 0. The Morgan fingerprint density at radius 1 is 0.389 bits per heavy atom. The topological polar surface area (TPSA) is 0 Å². The van der Waals surface area contributed by atoms with E-state index >= 15 is 0 Å². The molecule has 0 aromatic carbocycles. The van der Waals surface area contributed by atoms with Crippen LogP contribution >= 0.6 is 92.8 Å². The molecule has 0 spiro atoms. The Balaban J connectivity index is 4.63. The summed E-state index contributed by atoms with van der Waals surface area (Å²) in [5, 5.41) is -4.32. The van der Waals surface area contributed by atoms with Crippen molar-refractivity contribution >= 4 is 92.8 Å². The molecular formula is C10H14Cl8. The lowest BCUT2D eigenvalue weighted by Gasteiger charge is -2.30. The Bertz CT molecular complexity index is 210. The van der Waals surface area contributed by atoms with Crippen LogP contribution in [0.15, 0.2) is 0 Å². The minimum absolute atomic E-state index is 0.341. The van der Waals surface area contributed by atoms with Gasteiger partial charge < -0.3 is 0 Å². The zero-order chi connectivity index (χ0) is 14.6. The molecule has 0 saturated carbocycles. The molecule has 0 unspecified atom stereocenters. The maximum atomic E-state index is 6.17. The fourth-order valence-electron chi connectivity index (χ4n) is 1.21. The van der Waals surface area contributed by atoms with E-state index in [1.54, 1.807) is 13.8 Å². The first-order valence-corrected chi connectivity index (χ1v) is 8.73. The monoisotopic (exact) mass is 414 g/mol. The molecule has 110 valence electrons. The maximum Gasteiger partial charge on any atom is 0.0693 e. The van der Waals surface area contributed by atoms with E-state index in [0.29, 0.717) is 0 Å². The van der Waals surface area contributed by atoms with Crippen LogP contribution in [0.4, 0.5) is 0 Å². The van der Waals surface area contributed by atoms with Gasteiger partial charge >= 0.3 is 0 Å². The molecule has 8 heteroatoms. The molecule has 0 nitrogen and oxygen atoms in total. The summed E-state index contributed by atoms with van der Waals surface area (Å²) in [6.45, 7) is 3.45. The molecule has 0 aliphatic rings. The molecule has 0 bridgehead atoms. The first-order valence-electron chi connectivity index (χ1n) is 5.23. The SMILES string of the molecule is C[C@H](Cl)[C@H](Cl)[C@H](Cl)[C@H](Cl)[C@H](Cl)[C@H](Cl)[C@H](Cl)[C@H](C)Cl. The summed E-state index contributed by atoms with van der Waals surface area (Å²) >= 11 is 48.4. The van der Waals surface area contributed by atoms with Gasteiger partial charge in [0.1, 0.15) is 0 Å². The van der Waals surface area contributed by atoms with Crippen LogP contribution in [0, 0.1) is 0 Å². The van der Waals surface area contributed by atoms with E-state index in [1.807, 2.05) is 0 Å². The van der Waals surface area contributed by atoms with Crippen molar-refractivity contribution in [1.29, 1.82) is 0 Å². The summed E-state index contributed by atoms with van der Waals surface area (Å²) in [4.78, 5) is 0. The van der Waals surface area contributed by atoms with E-state index in [4.69, 9.17) is 92.8 Å². The second kappa shape index (κ2) is 9.36. The van der Waals surface area contributed by atoms with Gasteiger partial charge in [-0.2, -0.15) is 0 Å². The minimum Gasteiger partial charge on any atom is -0.122 e. The largest absolute Gasteiger partial charge is 0.122 e. The zero-order valence-corrected chi connectivity index (χ0v) is 15.7. The Labute approximate surface area is 148 Å². The van der Waals surface area contributed by atoms with Gasteiger partial charge in [-0.25, -0.2) is 0 Å². The van der Waals surface area contributed by atoms with Crippen LogP contribution in [-0.4, -0.2) is 43.0 Å². The minimum atomic E-state index is -0.670. The highest BCUT2D eigenvalue weighted by Crippen LogP contribution is 2.33. The van der Waals surface area contributed by atoms with E-state index in [1.165, 1.54) is 0 Å². The van der Waals surface area contributed by atoms with Crippen LogP contribution in [0.2, 0.25) is 0 Å². The van der Waals surface area contributed by atoms with Crippen LogP contribution in [0.5, 0.6) is 0 Å². The summed E-state index contributed by atoms with van der Waals surface area (Å²) in [6.07, 6.45) is 0. The molecule has 8 atom stereocenters. The van der Waals surface area contributed by atoms with Crippen molar-refractivity contribution in [2.75, 3.05) is 0 Å². The lowest BCUT2D eigenvalue weighted by molar-refractivity contribution is 0.621. The number of alkyl halides is 8. The van der Waals surface area contributed by atoms with Gasteiger partial charge in [-0.05, 0) is 13.8 Å². The van der Waals surface area contributed by atoms with E-state index < -0.39 is 32.3 Å². The molecule has 0 aliphatic heterocycles. The first kappa shape index (κ1) is 20.3. The fourth-order valence-corrected chi connectivity index (χ4v) is 3.66. The smallest absolute Gasteiger partial charge is 0.0693 e. The van der Waals surface area contributed by atoms with Gasteiger partial charge in [-0.3, -0.25) is 0 Å². The molecule has 0 N–H and O–H groups in total. The average Bonchev–Trinajstić information content (AvgIpc) is 2.32. The van der Waals surface area contributed by atoms with Crippen molar-refractivity contribution in [3.8, 4) is 0 Å². The number of halogens is 8. The molecule has 0 heterocycles. The number of rotatable bonds is 7. The Morgan fingerprint density at radius 2 is 0.556 bits per heavy atom. The third kappa shape index (κ3) is 5.98. The Morgan fingerprint density at radius 3 is 0.722 bits per heavy atom. The molecule has 0 rings (SSSR count). The van der Waals surface area contributed by atoms with E-state index in [0.717, 1.165) is 0 Å². The predicted molar refractivity (Wildman–Crippen MR) is 88.5 cm³/mol. The van der Waals surface area contributed by atoms with Crippen LogP contribution in [-0.2, 0) is 0 Å². The normalized spacial score (nSPS) is 25.7. The lowest BCUT2D eigenvalue weighted by Crippen LogP contribution is -2.43. The second-order valence-electron chi connectivity index (χ2n) is 4.02. The summed E-state index contributed by atoms with van der Waals surface area (Å²) in [7, 11) is 0. The van der Waals surface area contributed by atoms with Crippen LogP contribution < -0.4 is 0 Å². The van der Waals surface area contributed by atoms with Gasteiger partial charge in [0.15, 0.2) is 0 Å². The van der Waals surface area contributed by atoms with Gasteiger partial charge in [0, 0.05) is 10.8 Å². The molecule has 0 aliphatic carbocycles. The predicted octanol–water partition coefficient (Wildman–Crippen LogP) is 5.89. The van der Waals surface area contributed by atoms with Crippen molar-refractivity contribution in [2.24, 2.45) is 0 Å². The summed E-state index contributed by atoms with van der Waals surface area (Å²) in [6, 6.07) is 0. The zero-order valence-electron chi connectivity index (χ0n) is 9.64. The van der Waals surface area contributed by atoms with Crippen molar-refractivity contribution in [3.63, 3.8) is 0 Å². The molecule has 18 heavy (non-hydrogen) atoms. The van der Waals surface area contributed by atoms with Crippen molar-refractivity contribution in [1.82, 2.24) is 0 Å². The average molecular weight is 418 g/mol. The molecule has 0 fully saturated rings. The highest BCUT2D eigenvalue weighted by molar-refractivity contribution is 6.42. The second-order valence-corrected chi connectivity index (χ2v) is 8.42. The first-order chi connectivity index (χ1) is 8.11. The van der Waals surface area contributed by atoms with Gasteiger partial charge in [-0.1, -0.05) is 0 Å². The lowest BCUT2D eigenvalue weighted by atomic mass is 10.1. The van der Waals surface area contributed by atoms with E-state index in [-0.39, 0.29) is 10.8 Å². The standard InChI is InChI=1S/C10H14Cl8/c1-3(11)5(13)7(15)9(17)10(18)8(16)6(14)4(2)12/h3-10H,1-2H3/t3-,4-,5-,6+,7-,8+,9-,10+/m0/s1. The van der Waals surface area contributed by atoms with Crippen LogP contribution in [0.3, 0.4) is 0 Å². The Hall–Kier alpha value is 2.32. The van der Waals surface area contributed by atoms with Gasteiger partial charge in [0.05, 0.1) is 32.3 Å². The molecule has 0 aromatic heterocycles. The third-order valence-corrected chi connectivity index (χ3v) is 7.31. The van der Waals surface area contributed by atoms with Crippen LogP contribution in [0.25, 0.3) is 0 Å². The Kier molecular flexibility index (Phi) is 10.6. The fraction of sp³-hybridized carbons (Fsp3) is 1.00. The molecular weight excluding hydrogens is 404 g/mol. The molecule has 0 radical (unpaired) electrons. The van der Waals surface area contributed by atoms with Crippen molar-refractivity contribution in [3.05, 3.63) is 0 Å². The van der Waals surface area contributed by atoms with E-state index in [2.05, 4.69) is 0 Å². The highest BCUT2D eigenvalue weighted by atomic mass is 35.5. The maximum absolute atomic E-state index is 6.17. The summed E-state index contributed by atoms with van der Waals surface area (Å²) in [5.41, 5.74) is 0. The van der Waals surface area contributed by atoms with Gasteiger partial charge in [-0.15, -0.1) is 92.8 Å².